The summed E-state index contributed by atoms with van der Waals surface area (Å²) < 4.78 is 17.6. The topological polar surface area (TPSA) is 134 Å². The molecule has 11 nitrogen and oxygen atoms in total. The van der Waals surface area contributed by atoms with Gasteiger partial charge in [-0.2, -0.15) is 5.10 Å². The molecule has 0 radical (unpaired) electrons. The van der Waals surface area contributed by atoms with Gasteiger partial charge in [0.15, 0.2) is 23.8 Å². The summed E-state index contributed by atoms with van der Waals surface area (Å²) in [5, 5.41) is 9.46. The number of hydrogen-bond donors (Lipinski definition) is 2. The van der Waals surface area contributed by atoms with Gasteiger partial charge in [0, 0.05) is 24.5 Å². The number of pyridine rings is 1. The van der Waals surface area contributed by atoms with E-state index in [9.17, 15) is 14.4 Å². The lowest BCUT2D eigenvalue weighted by Crippen LogP contribution is -2.37. The van der Waals surface area contributed by atoms with Gasteiger partial charge in [-0.25, -0.2) is 14.6 Å². The minimum Gasteiger partial charge on any atom is -0.486 e. The van der Waals surface area contributed by atoms with Crippen molar-refractivity contribution in [3.05, 3.63) is 41.2 Å². The fourth-order valence-electron chi connectivity index (χ4n) is 3.39. The molecule has 0 spiro atoms. The molecule has 0 fully saturated rings. The van der Waals surface area contributed by atoms with Crippen molar-refractivity contribution in [3.8, 4) is 11.5 Å². The predicted octanol–water partition coefficient (Wildman–Crippen LogP) is 1.86. The number of benzene rings is 1. The zero-order valence-electron chi connectivity index (χ0n) is 17.7. The van der Waals surface area contributed by atoms with Crippen LogP contribution in [0, 0.1) is 13.8 Å². The van der Waals surface area contributed by atoms with E-state index in [4.69, 9.17) is 14.2 Å². The van der Waals surface area contributed by atoms with E-state index in [0.717, 1.165) is 0 Å². The number of imide groups is 1. The number of ether oxygens (including phenoxy) is 3. The molecule has 1 aliphatic heterocycles. The first-order valence-corrected chi connectivity index (χ1v) is 9.80. The lowest BCUT2D eigenvalue weighted by molar-refractivity contribution is -0.123. The Bertz CT molecular complexity index is 1240. The number of carbonyl (C=O) groups is 3. The molecule has 1 aromatic carbocycles. The maximum Gasteiger partial charge on any atom is 0.339 e. The Morgan fingerprint density at radius 3 is 2.66 bits per heavy atom. The number of nitrogens with zero attached hydrogens (tertiary/aromatic N) is 3. The molecular formula is C21H21N5O6. The number of esters is 1. The molecule has 3 aromatic rings. The molecule has 11 heteroatoms. The largest absolute Gasteiger partial charge is 0.486 e. The summed E-state index contributed by atoms with van der Waals surface area (Å²) in [4.78, 5) is 41.2. The van der Waals surface area contributed by atoms with Gasteiger partial charge in [0.2, 0.25) is 0 Å². The number of nitrogens with one attached hydrogen (secondary N) is 2. The van der Waals surface area contributed by atoms with Gasteiger partial charge in [0.25, 0.3) is 5.91 Å². The third-order valence-electron chi connectivity index (χ3n) is 4.70. The van der Waals surface area contributed by atoms with Crippen molar-refractivity contribution < 1.29 is 28.6 Å². The molecule has 0 saturated heterocycles. The van der Waals surface area contributed by atoms with Crippen molar-refractivity contribution in [3.63, 3.8) is 0 Å². The molecule has 4 rings (SSSR count). The van der Waals surface area contributed by atoms with Crippen LogP contribution in [0.5, 0.6) is 11.5 Å². The van der Waals surface area contributed by atoms with Crippen molar-refractivity contribution in [2.75, 3.05) is 25.1 Å². The minimum absolute atomic E-state index is 0.256. The first-order chi connectivity index (χ1) is 15.3. The van der Waals surface area contributed by atoms with Gasteiger partial charge in [0.05, 0.1) is 16.6 Å². The van der Waals surface area contributed by atoms with Gasteiger partial charge in [-0.3, -0.25) is 14.8 Å². The Labute approximate surface area is 182 Å². The number of aromatic nitrogens is 3. The Balaban J connectivity index is 1.35. The smallest absolute Gasteiger partial charge is 0.339 e. The molecule has 32 heavy (non-hydrogen) atoms. The summed E-state index contributed by atoms with van der Waals surface area (Å²) >= 11 is 0. The maximum atomic E-state index is 12.6. The van der Waals surface area contributed by atoms with Crippen LogP contribution in [-0.4, -0.2) is 52.5 Å². The normalized spacial score (nSPS) is 12.3. The van der Waals surface area contributed by atoms with Crippen LogP contribution >= 0.6 is 0 Å². The number of fused-ring (bicyclic) bond motifs is 2. The third-order valence-corrected chi connectivity index (χ3v) is 4.70. The van der Waals surface area contributed by atoms with Gasteiger partial charge >= 0.3 is 12.0 Å². The number of carbonyl (C=O) groups excluding carboxylic acids is 3. The molecule has 0 aliphatic carbocycles. The highest BCUT2D eigenvalue weighted by Crippen LogP contribution is 2.32. The average molecular weight is 439 g/mol. The van der Waals surface area contributed by atoms with Crippen LogP contribution in [0.1, 0.15) is 21.7 Å². The highest BCUT2D eigenvalue weighted by molar-refractivity contribution is 6.05. The van der Waals surface area contributed by atoms with Crippen molar-refractivity contribution >= 4 is 34.6 Å². The van der Waals surface area contributed by atoms with Gasteiger partial charge in [0.1, 0.15) is 13.2 Å². The highest BCUT2D eigenvalue weighted by atomic mass is 16.6. The quantitative estimate of drug-likeness (QED) is 0.589. The van der Waals surface area contributed by atoms with E-state index in [1.165, 1.54) is 0 Å². The summed E-state index contributed by atoms with van der Waals surface area (Å²) in [5.74, 6) is -0.411. The van der Waals surface area contributed by atoms with Gasteiger partial charge in [-0.1, -0.05) is 0 Å². The van der Waals surface area contributed by atoms with Crippen LogP contribution in [0.4, 0.5) is 10.5 Å². The van der Waals surface area contributed by atoms with Gasteiger partial charge in [-0.15, -0.1) is 0 Å². The lowest BCUT2D eigenvalue weighted by Gasteiger charge is -2.19. The predicted molar refractivity (Wildman–Crippen MR) is 113 cm³/mol. The highest BCUT2D eigenvalue weighted by Gasteiger charge is 2.20. The van der Waals surface area contributed by atoms with E-state index in [0.29, 0.717) is 52.8 Å². The fourth-order valence-corrected chi connectivity index (χ4v) is 3.39. The number of aryl methyl sites for hydroxylation is 3. The summed E-state index contributed by atoms with van der Waals surface area (Å²) in [7, 11) is 1.73. The molecular weight excluding hydrogens is 418 g/mol. The Hall–Kier alpha value is -4.15. The number of anilines is 1. The monoisotopic (exact) mass is 439 g/mol. The Kier molecular flexibility index (Phi) is 5.63. The van der Waals surface area contributed by atoms with E-state index < -0.39 is 24.5 Å². The standard InChI is InChI=1S/C21H21N5O6/c1-11-8-14(18-12(2)25-26(3)19(18)22-11)20(28)32-10-17(27)24-21(29)23-13-4-5-15-16(9-13)31-7-6-30-15/h4-5,8-9H,6-7,10H2,1-3H3,(H2,23,24,27,29). The molecule has 1 aliphatic rings. The van der Waals surface area contributed by atoms with Crippen molar-refractivity contribution in [1.29, 1.82) is 0 Å². The molecule has 2 N–H and O–H groups in total. The van der Waals surface area contributed by atoms with Crippen LogP contribution in [0.2, 0.25) is 0 Å². The molecule has 0 bridgehead atoms. The first kappa shape index (κ1) is 21.1. The fraction of sp³-hybridized carbons (Fsp3) is 0.286. The first-order valence-electron chi connectivity index (χ1n) is 9.80. The average Bonchev–Trinajstić information content (AvgIpc) is 3.04. The summed E-state index contributed by atoms with van der Waals surface area (Å²) in [6.45, 7) is 3.74. The number of amides is 3. The lowest BCUT2D eigenvalue weighted by atomic mass is 10.1. The number of hydrogen-bond acceptors (Lipinski definition) is 8. The third kappa shape index (κ3) is 4.31. The van der Waals surface area contributed by atoms with Gasteiger partial charge < -0.3 is 19.5 Å². The van der Waals surface area contributed by atoms with E-state index in [1.54, 1.807) is 49.8 Å². The van der Waals surface area contributed by atoms with Crippen LogP contribution in [-0.2, 0) is 16.6 Å². The zero-order valence-corrected chi connectivity index (χ0v) is 17.7. The SMILES string of the molecule is Cc1cc(C(=O)OCC(=O)NC(=O)Nc2ccc3c(c2)OCCO3)c2c(C)nn(C)c2n1. The molecule has 0 saturated carbocycles. The maximum absolute atomic E-state index is 12.6. The second kappa shape index (κ2) is 8.53. The summed E-state index contributed by atoms with van der Waals surface area (Å²) in [5.41, 5.74) is 2.43. The van der Waals surface area contributed by atoms with E-state index in [1.807, 2.05) is 0 Å². The molecule has 3 amide bonds. The van der Waals surface area contributed by atoms with Crippen LogP contribution in [0.3, 0.4) is 0 Å². The molecule has 0 unspecified atom stereocenters. The minimum atomic E-state index is -0.779. The zero-order chi connectivity index (χ0) is 22.8. The van der Waals surface area contributed by atoms with Gasteiger partial charge in [-0.05, 0) is 32.0 Å². The number of urea groups is 1. The van der Waals surface area contributed by atoms with Crippen LogP contribution < -0.4 is 20.1 Å². The van der Waals surface area contributed by atoms with E-state index in [2.05, 4.69) is 20.7 Å². The second-order valence-electron chi connectivity index (χ2n) is 7.16. The Morgan fingerprint density at radius 2 is 1.88 bits per heavy atom. The van der Waals surface area contributed by atoms with Crippen molar-refractivity contribution in [2.24, 2.45) is 7.05 Å². The second-order valence-corrected chi connectivity index (χ2v) is 7.16. The molecule has 166 valence electrons. The molecule has 2 aromatic heterocycles. The Morgan fingerprint density at radius 1 is 1.12 bits per heavy atom. The molecule has 3 heterocycles. The van der Waals surface area contributed by atoms with Crippen molar-refractivity contribution in [2.45, 2.75) is 13.8 Å². The summed E-state index contributed by atoms with van der Waals surface area (Å²) in [6, 6.07) is 5.67. The summed E-state index contributed by atoms with van der Waals surface area (Å²) in [6.07, 6.45) is 0. The van der Waals surface area contributed by atoms with Crippen molar-refractivity contribution in [1.82, 2.24) is 20.1 Å². The number of rotatable bonds is 4. The van der Waals surface area contributed by atoms with E-state index in [-0.39, 0.29) is 5.56 Å². The van der Waals surface area contributed by atoms with Crippen LogP contribution in [0.15, 0.2) is 24.3 Å². The molecule has 0 atom stereocenters. The van der Waals surface area contributed by atoms with E-state index >= 15 is 0 Å². The van der Waals surface area contributed by atoms with Crippen LogP contribution in [0.25, 0.3) is 11.0 Å².